The monoisotopic (exact) mass is 196 g/mol. The maximum Gasteiger partial charge on any atom is 0.310 e. The van der Waals surface area contributed by atoms with Gasteiger partial charge in [-0.05, 0) is 18.8 Å². The molecule has 2 nitrogen and oxygen atoms in total. The highest BCUT2D eigenvalue weighted by Gasteiger charge is 2.10. The maximum absolute atomic E-state index is 11.1. The Balaban J connectivity index is 3.83. The standard InChI is InChI=1S/C12H20O2/c1-5-7-12(13)14-11(6-2)9-8-10(3)4/h5-6,10-11H,1-2,7-9H2,3-4H3. The molecule has 80 valence electrons. The Morgan fingerprint density at radius 3 is 2.43 bits per heavy atom. The molecule has 0 saturated heterocycles. The van der Waals surface area contributed by atoms with E-state index >= 15 is 0 Å². The summed E-state index contributed by atoms with van der Waals surface area (Å²) in [5.41, 5.74) is 0. The number of esters is 1. The molecule has 0 heterocycles. The predicted octanol–water partition coefficient (Wildman–Crippen LogP) is 3.10. The number of carbonyl (C=O) groups excluding carboxylic acids is 1. The lowest BCUT2D eigenvalue weighted by Gasteiger charge is -2.14. The number of hydrogen-bond donors (Lipinski definition) is 0. The van der Waals surface area contributed by atoms with E-state index in [2.05, 4.69) is 27.0 Å². The fourth-order valence-corrected chi connectivity index (χ4v) is 1.06. The summed E-state index contributed by atoms with van der Waals surface area (Å²) in [6, 6.07) is 0. The van der Waals surface area contributed by atoms with Gasteiger partial charge in [0.1, 0.15) is 6.10 Å². The third kappa shape index (κ3) is 6.46. The summed E-state index contributed by atoms with van der Waals surface area (Å²) in [7, 11) is 0. The zero-order chi connectivity index (χ0) is 11.0. The largest absolute Gasteiger partial charge is 0.458 e. The molecular formula is C12H20O2. The zero-order valence-electron chi connectivity index (χ0n) is 9.16. The van der Waals surface area contributed by atoms with Crippen molar-refractivity contribution in [1.29, 1.82) is 0 Å². The van der Waals surface area contributed by atoms with E-state index in [0.29, 0.717) is 5.92 Å². The Bertz CT molecular complexity index is 194. The minimum Gasteiger partial charge on any atom is -0.458 e. The van der Waals surface area contributed by atoms with Gasteiger partial charge in [-0.3, -0.25) is 4.79 Å². The second-order valence-corrected chi connectivity index (χ2v) is 3.73. The van der Waals surface area contributed by atoms with Crippen LogP contribution < -0.4 is 0 Å². The lowest BCUT2D eigenvalue weighted by molar-refractivity contribution is -0.146. The van der Waals surface area contributed by atoms with Crippen LogP contribution in [0, 0.1) is 5.92 Å². The maximum atomic E-state index is 11.1. The molecule has 0 rings (SSSR count). The van der Waals surface area contributed by atoms with Crippen LogP contribution in [0.2, 0.25) is 0 Å². The summed E-state index contributed by atoms with van der Waals surface area (Å²) in [5.74, 6) is 0.393. The first-order valence-electron chi connectivity index (χ1n) is 5.03. The number of ether oxygens (including phenoxy) is 1. The molecule has 2 heteroatoms. The van der Waals surface area contributed by atoms with Crippen LogP contribution in [0.5, 0.6) is 0 Å². The summed E-state index contributed by atoms with van der Waals surface area (Å²) < 4.78 is 5.16. The first-order chi connectivity index (χ1) is 6.60. The van der Waals surface area contributed by atoms with E-state index in [1.807, 2.05) is 0 Å². The second-order valence-electron chi connectivity index (χ2n) is 3.73. The van der Waals surface area contributed by atoms with E-state index in [-0.39, 0.29) is 18.5 Å². The van der Waals surface area contributed by atoms with Crippen LogP contribution in [0.1, 0.15) is 33.1 Å². The van der Waals surface area contributed by atoms with E-state index in [1.165, 1.54) is 0 Å². The first-order valence-corrected chi connectivity index (χ1v) is 5.03. The lowest BCUT2D eigenvalue weighted by atomic mass is 10.1. The molecule has 0 aliphatic carbocycles. The summed E-state index contributed by atoms with van der Waals surface area (Å²) >= 11 is 0. The molecular weight excluding hydrogens is 176 g/mol. The van der Waals surface area contributed by atoms with E-state index < -0.39 is 0 Å². The van der Waals surface area contributed by atoms with Crippen molar-refractivity contribution in [3.05, 3.63) is 25.3 Å². The lowest BCUT2D eigenvalue weighted by Crippen LogP contribution is -2.15. The van der Waals surface area contributed by atoms with Crippen molar-refractivity contribution >= 4 is 5.97 Å². The van der Waals surface area contributed by atoms with Crippen LogP contribution in [0.3, 0.4) is 0 Å². The molecule has 0 amide bonds. The third-order valence-electron chi connectivity index (χ3n) is 1.89. The minimum absolute atomic E-state index is 0.148. The van der Waals surface area contributed by atoms with Gasteiger partial charge in [0, 0.05) is 0 Å². The Morgan fingerprint density at radius 2 is 2.00 bits per heavy atom. The Labute approximate surface area is 86.6 Å². The second kappa shape index (κ2) is 7.36. The van der Waals surface area contributed by atoms with Gasteiger partial charge >= 0.3 is 5.97 Å². The zero-order valence-corrected chi connectivity index (χ0v) is 9.16. The molecule has 0 radical (unpaired) electrons. The normalized spacial score (nSPS) is 12.2. The molecule has 0 aromatic carbocycles. The van der Waals surface area contributed by atoms with Crippen LogP contribution in [0.15, 0.2) is 25.3 Å². The van der Waals surface area contributed by atoms with Gasteiger partial charge < -0.3 is 4.74 Å². The highest BCUT2D eigenvalue weighted by atomic mass is 16.5. The minimum atomic E-state index is -0.228. The topological polar surface area (TPSA) is 26.3 Å². The fourth-order valence-electron chi connectivity index (χ4n) is 1.06. The number of rotatable bonds is 7. The summed E-state index contributed by atoms with van der Waals surface area (Å²) in [5, 5.41) is 0. The van der Waals surface area contributed by atoms with Gasteiger partial charge in [-0.15, -0.1) is 6.58 Å². The highest BCUT2D eigenvalue weighted by Crippen LogP contribution is 2.11. The SMILES string of the molecule is C=CCC(=O)OC(C=C)CCC(C)C. The smallest absolute Gasteiger partial charge is 0.310 e. The molecule has 1 atom stereocenters. The number of carbonyl (C=O) groups is 1. The van der Waals surface area contributed by atoms with Crippen molar-refractivity contribution in [2.45, 2.75) is 39.2 Å². The van der Waals surface area contributed by atoms with Gasteiger partial charge in [-0.25, -0.2) is 0 Å². The quantitative estimate of drug-likeness (QED) is 0.462. The molecule has 0 bridgehead atoms. The Kier molecular flexibility index (Phi) is 6.81. The van der Waals surface area contributed by atoms with Crippen molar-refractivity contribution in [3.8, 4) is 0 Å². The van der Waals surface area contributed by atoms with Crippen molar-refractivity contribution in [1.82, 2.24) is 0 Å². The summed E-state index contributed by atoms with van der Waals surface area (Å²) in [6.45, 7) is 11.4. The fraction of sp³-hybridized carbons (Fsp3) is 0.583. The summed E-state index contributed by atoms with van der Waals surface area (Å²) in [4.78, 5) is 11.1. The van der Waals surface area contributed by atoms with E-state index in [0.717, 1.165) is 12.8 Å². The molecule has 0 aliphatic heterocycles. The van der Waals surface area contributed by atoms with Gasteiger partial charge in [-0.1, -0.05) is 32.6 Å². The van der Waals surface area contributed by atoms with Gasteiger partial charge in [0.25, 0.3) is 0 Å². The molecule has 0 N–H and O–H groups in total. The van der Waals surface area contributed by atoms with Crippen LogP contribution in [0.25, 0.3) is 0 Å². The Morgan fingerprint density at radius 1 is 1.36 bits per heavy atom. The highest BCUT2D eigenvalue weighted by molar-refractivity contribution is 5.71. The average Bonchev–Trinajstić information content (AvgIpc) is 2.12. The molecule has 0 saturated carbocycles. The van der Waals surface area contributed by atoms with Crippen LogP contribution >= 0.6 is 0 Å². The van der Waals surface area contributed by atoms with Crippen molar-refractivity contribution in [2.75, 3.05) is 0 Å². The van der Waals surface area contributed by atoms with Crippen LogP contribution in [0.4, 0.5) is 0 Å². The van der Waals surface area contributed by atoms with Crippen LogP contribution in [-0.4, -0.2) is 12.1 Å². The van der Waals surface area contributed by atoms with Crippen molar-refractivity contribution in [2.24, 2.45) is 5.92 Å². The van der Waals surface area contributed by atoms with Crippen molar-refractivity contribution < 1.29 is 9.53 Å². The average molecular weight is 196 g/mol. The molecule has 0 aromatic heterocycles. The van der Waals surface area contributed by atoms with E-state index in [1.54, 1.807) is 12.2 Å². The van der Waals surface area contributed by atoms with Crippen LogP contribution in [-0.2, 0) is 9.53 Å². The van der Waals surface area contributed by atoms with E-state index in [9.17, 15) is 4.79 Å². The molecule has 14 heavy (non-hydrogen) atoms. The summed E-state index contributed by atoms with van der Waals surface area (Å²) in [6.07, 6.45) is 5.24. The van der Waals surface area contributed by atoms with E-state index in [4.69, 9.17) is 4.74 Å². The van der Waals surface area contributed by atoms with Gasteiger partial charge in [0.15, 0.2) is 0 Å². The van der Waals surface area contributed by atoms with Gasteiger partial charge in [0.05, 0.1) is 6.42 Å². The predicted molar refractivity (Wildman–Crippen MR) is 59.0 cm³/mol. The third-order valence-corrected chi connectivity index (χ3v) is 1.89. The first kappa shape index (κ1) is 12.9. The van der Waals surface area contributed by atoms with Crippen molar-refractivity contribution in [3.63, 3.8) is 0 Å². The molecule has 0 aliphatic rings. The molecule has 0 spiro atoms. The number of hydrogen-bond acceptors (Lipinski definition) is 2. The van der Waals surface area contributed by atoms with Gasteiger partial charge in [-0.2, -0.15) is 0 Å². The molecule has 1 unspecified atom stereocenters. The van der Waals surface area contributed by atoms with Gasteiger partial charge in [0.2, 0.25) is 0 Å². The Hall–Kier alpha value is -1.05. The molecule has 0 fully saturated rings. The molecule has 0 aromatic rings.